The molecule has 10 nitrogen and oxygen atoms in total. The van der Waals surface area contributed by atoms with Crippen molar-refractivity contribution >= 4 is 28.7 Å². The molecule has 3 saturated heterocycles. The Balaban J connectivity index is 1.55. The highest BCUT2D eigenvalue weighted by molar-refractivity contribution is 6.33. The third-order valence-corrected chi connectivity index (χ3v) is 5.66. The second kappa shape index (κ2) is 6.47. The number of halogens is 1. The number of anilines is 1. The minimum absolute atomic E-state index is 0.0706. The Labute approximate surface area is 172 Å². The fraction of sp³-hybridized carbons (Fsp3) is 0.722. The monoisotopic (exact) mass is 425 g/mol. The van der Waals surface area contributed by atoms with Crippen LogP contribution in [0.4, 0.5) is 5.95 Å². The van der Waals surface area contributed by atoms with E-state index in [-0.39, 0.29) is 35.5 Å². The van der Waals surface area contributed by atoms with Gasteiger partial charge in [0.1, 0.15) is 30.1 Å². The van der Waals surface area contributed by atoms with Crippen molar-refractivity contribution in [1.82, 2.24) is 19.5 Å². The van der Waals surface area contributed by atoms with Gasteiger partial charge in [-0.3, -0.25) is 4.57 Å². The number of fused-ring (bicyclic) bond motifs is 4. The van der Waals surface area contributed by atoms with Gasteiger partial charge in [0.05, 0.1) is 19.0 Å². The average Bonchev–Trinajstić information content (AvgIpc) is 3.12. The van der Waals surface area contributed by atoms with Crippen LogP contribution in [0, 0.1) is 0 Å². The van der Waals surface area contributed by atoms with Crippen LogP contribution in [-0.2, 0) is 23.7 Å². The number of nitrogen functional groups attached to an aromatic ring is 1. The number of imidazole rings is 1. The maximum absolute atomic E-state index is 6.41. The van der Waals surface area contributed by atoms with Crippen LogP contribution < -0.4 is 5.73 Å². The molecule has 158 valence electrons. The fourth-order valence-corrected chi connectivity index (χ4v) is 4.50. The molecule has 2 N–H and O–H groups in total. The van der Waals surface area contributed by atoms with E-state index in [0.717, 1.165) is 0 Å². The normalized spacial score (nSPS) is 35.8. The summed E-state index contributed by atoms with van der Waals surface area (Å²) in [6, 6.07) is 0. The Kier molecular flexibility index (Phi) is 4.33. The smallest absolute Gasteiger partial charge is 0.223 e. The molecular weight excluding hydrogens is 402 g/mol. The summed E-state index contributed by atoms with van der Waals surface area (Å²) in [5.41, 5.74) is 6.76. The first-order valence-corrected chi connectivity index (χ1v) is 9.98. The zero-order valence-electron chi connectivity index (χ0n) is 16.7. The molecule has 5 atom stereocenters. The van der Waals surface area contributed by atoms with Crippen molar-refractivity contribution in [3.63, 3.8) is 0 Å². The quantitative estimate of drug-likeness (QED) is 0.685. The summed E-state index contributed by atoms with van der Waals surface area (Å²) < 4.78 is 32.7. The maximum atomic E-state index is 6.41. The Hall–Kier alpha value is -1.56. The first-order chi connectivity index (χ1) is 13.6. The van der Waals surface area contributed by atoms with Crippen molar-refractivity contribution in [2.24, 2.45) is 0 Å². The zero-order chi connectivity index (χ0) is 20.6. The van der Waals surface area contributed by atoms with Crippen molar-refractivity contribution in [2.45, 2.75) is 76.3 Å². The van der Waals surface area contributed by atoms with Crippen LogP contribution in [0.3, 0.4) is 0 Å². The number of rotatable bonds is 1. The van der Waals surface area contributed by atoms with Crippen molar-refractivity contribution < 1.29 is 23.7 Å². The van der Waals surface area contributed by atoms with Gasteiger partial charge in [-0.15, -0.1) is 0 Å². The lowest BCUT2D eigenvalue weighted by Crippen LogP contribution is -2.55. The summed E-state index contributed by atoms with van der Waals surface area (Å²) in [6.45, 7) is 7.93. The molecular formula is C18H24ClN5O5. The minimum atomic E-state index is -0.734. The summed E-state index contributed by atoms with van der Waals surface area (Å²) in [5, 5.41) is 0.197. The number of aromatic nitrogens is 4. The largest absolute Gasteiger partial charge is 0.368 e. The molecule has 29 heavy (non-hydrogen) atoms. The molecule has 0 radical (unpaired) electrons. The van der Waals surface area contributed by atoms with E-state index in [2.05, 4.69) is 15.0 Å². The molecule has 2 unspecified atom stereocenters. The van der Waals surface area contributed by atoms with E-state index < -0.39 is 17.8 Å². The SMILES string of the molecule is CC1(C)OCC2O[C@@H](n3cnc4c(Cl)nc(N)nc43)C[C@H]3OC(C)(C)OC3[C@H]2O1. The zero-order valence-corrected chi connectivity index (χ0v) is 17.4. The highest BCUT2D eigenvalue weighted by atomic mass is 35.5. The van der Waals surface area contributed by atoms with Crippen molar-refractivity contribution in [3.05, 3.63) is 11.5 Å². The van der Waals surface area contributed by atoms with Crippen LogP contribution in [0.15, 0.2) is 6.33 Å². The van der Waals surface area contributed by atoms with Gasteiger partial charge in [0, 0.05) is 6.42 Å². The van der Waals surface area contributed by atoms with Crippen LogP contribution in [0.2, 0.25) is 5.15 Å². The lowest BCUT2D eigenvalue weighted by Gasteiger charge is -2.42. The highest BCUT2D eigenvalue weighted by Gasteiger charge is 2.55. The van der Waals surface area contributed by atoms with Crippen LogP contribution in [-0.4, -0.2) is 62.1 Å². The van der Waals surface area contributed by atoms with Gasteiger partial charge in [-0.2, -0.15) is 9.97 Å². The molecule has 3 aliphatic rings. The Morgan fingerprint density at radius 3 is 2.59 bits per heavy atom. The van der Waals surface area contributed by atoms with Gasteiger partial charge in [-0.05, 0) is 27.7 Å². The van der Waals surface area contributed by atoms with E-state index in [4.69, 9.17) is 41.0 Å². The van der Waals surface area contributed by atoms with Crippen molar-refractivity contribution in [2.75, 3.05) is 12.3 Å². The van der Waals surface area contributed by atoms with Gasteiger partial charge >= 0.3 is 0 Å². The fourth-order valence-electron chi connectivity index (χ4n) is 4.28. The minimum Gasteiger partial charge on any atom is -0.368 e. The van der Waals surface area contributed by atoms with Crippen molar-refractivity contribution in [1.29, 1.82) is 0 Å². The van der Waals surface area contributed by atoms with E-state index >= 15 is 0 Å². The van der Waals surface area contributed by atoms with Crippen LogP contribution >= 0.6 is 11.6 Å². The molecule has 3 aliphatic heterocycles. The van der Waals surface area contributed by atoms with E-state index in [1.807, 2.05) is 27.7 Å². The molecule has 5 rings (SSSR count). The number of nitrogens with zero attached hydrogens (tertiary/aromatic N) is 4. The van der Waals surface area contributed by atoms with E-state index in [1.165, 1.54) is 0 Å². The first kappa shape index (κ1) is 19.4. The van der Waals surface area contributed by atoms with Gasteiger partial charge in [-0.1, -0.05) is 11.6 Å². The summed E-state index contributed by atoms with van der Waals surface area (Å²) in [7, 11) is 0. The number of ether oxygens (including phenoxy) is 5. The lowest BCUT2D eigenvalue weighted by molar-refractivity contribution is -0.331. The predicted octanol–water partition coefficient (Wildman–Crippen LogP) is 2.02. The molecule has 0 saturated carbocycles. The second-order valence-corrected chi connectivity index (χ2v) is 8.85. The summed E-state index contributed by atoms with van der Waals surface area (Å²) in [6.07, 6.45) is 0.463. The highest BCUT2D eigenvalue weighted by Crippen LogP contribution is 2.43. The number of nitrogens with two attached hydrogens (primary N) is 1. The molecule has 0 spiro atoms. The summed E-state index contributed by atoms with van der Waals surface area (Å²) in [4.78, 5) is 12.6. The molecule has 5 heterocycles. The van der Waals surface area contributed by atoms with Gasteiger partial charge < -0.3 is 29.4 Å². The second-order valence-electron chi connectivity index (χ2n) is 8.49. The topological polar surface area (TPSA) is 116 Å². The van der Waals surface area contributed by atoms with E-state index in [9.17, 15) is 0 Å². The summed E-state index contributed by atoms with van der Waals surface area (Å²) in [5.74, 6) is -1.39. The van der Waals surface area contributed by atoms with Crippen LogP contribution in [0.1, 0.15) is 40.3 Å². The van der Waals surface area contributed by atoms with Gasteiger partial charge in [0.15, 0.2) is 22.4 Å². The van der Waals surface area contributed by atoms with Crippen LogP contribution in [0.5, 0.6) is 0 Å². The molecule has 3 fully saturated rings. The molecule has 11 heteroatoms. The van der Waals surface area contributed by atoms with Gasteiger partial charge in [-0.25, -0.2) is 4.98 Å². The Morgan fingerprint density at radius 2 is 1.79 bits per heavy atom. The third kappa shape index (κ3) is 3.37. The average molecular weight is 426 g/mol. The molecule has 0 bridgehead atoms. The lowest BCUT2D eigenvalue weighted by atomic mass is 10.0. The maximum Gasteiger partial charge on any atom is 0.223 e. The van der Waals surface area contributed by atoms with Gasteiger partial charge in [0.25, 0.3) is 0 Å². The summed E-state index contributed by atoms with van der Waals surface area (Å²) >= 11 is 6.18. The predicted molar refractivity (Wildman–Crippen MR) is 102 cm³/mol. The Morgan fingerprint density at radius 1 is 1.07 bits per heavy atom. The molecule has 2 aromatic heterocycles. The van der Waals surface area contributed by atoms with Crippen LogP contribution in [0.25, 0.3) is 11.2 Å². The molecule has 0 amide bonds. The molecule has 0 aromatic carbocycles. The molecule has 0 aliphatic carbocycles. The number of hydrogen-bond donors (Lipinski definition) is 1. The third-order valence-electron chi connectivity index (χ3n) is 5.40. The van der Waals surface area contributed by atoms with E-state index in [1.54, 1.807) is 10.9 Å². The van der Waals surface area contributed by atoms with E-state index in [0.29, 0.717) is 24.2 Å². The first-order valence-electron chi connectivity index (χ1n) is 9.60. The standard InChI is InChI=1S/C18H24ClN5O5/c1-17(2)25-6-9-13(28-17)12-8(27-18(3,4)29-12)5-10(26-9)24-7-21-11-14(19)22-16(20)23-15(11)24/h7-10,12-13H,5-6H2,1-4H3,(H2,20,22,23)/t8-,9?,10-,12?,13+/m1/s1. The number of hydrogen-bond acceptors (Lipinski definition) is 9. The van der Waals surface area contributed by atoms with Crippen molar-refractivity contribution in [3.8, 4) is 0 Å². The molecule has 2 aromatic rings. The Bertz CT molecular complexity index is 950. The van der Waals surface area contributed by atoms with Gasteiger partial charge in [0.2, 0.25) is 5.95 Å².